The minimum absolute atomic E-state index is 0.0451. The SMILES string of the molecule is C1=Cc2cccc3cccc(c23)C1.CC(C)(CO)CO. The molecule has 0 heterocycles. The lowest BCUT2D eigenvalue weighted by Gasteiger charge is -2.16. The zero-order valence-corrected chi connectivity index (χ0v) is 12.1. The van der Waals surface area contributed by atoms with E-state index in [9.17, 15) is 0 Å². The lowest BCUT2D eigenvalue weighted by molar-refractivity contribution is 0.0857. The van der Waals surface area contributed by atoms with Crippen LogP contribution >= 0.6 is 0 Å². The fourth-order valence-corrected chi connectivity index (χ4v) is 2.12. The molecular weight excluding hydrogens is 248 g/mol. The Hall–Kier alpha value is -1.64. The van der Waals surface area contributed by atoms with Crippen molar-refractivity contribution < 1.29 is 10.2 Å². The minimum atomic E-state index is -0.306. The van der Waals surface area contributed by atoms with E-state index in [0.29, 0.717) is 0 Å². The molecule has 0 aromatic heterocycles. The smallest absolute Gasteiger partial charge is 0.0504 e. The number of aliphatic hydroxyl groups excluding tert-OH is 2. The third-order valence-corrected chi connectivity index (χ3v) is 3.51. The van der Waals surface area contributed by atoms with Gasteiger partial charge in [-0.1, -0.05) is 62.4 Å². The average Bonchev–Trinajstić information content (AvgIpc) is 2.49. The fraction of sp³-hybridized carbons (Fsp3) is 0.333. The molecule has 1 aliphatic rings. The Morgan fingerprint density at radius 1 is 1.00 bits per heavy atom. The molecule has 2 nitrogen and oxygen atoms in total. The summed E-state index contributed by atoms with van der Waals surface area (Å²) in [6.45, 7) is 3.69. The van der Waals surface area contributed by atoms with Crippen molar-refractivity contribution in [3.05, 3.63) is 53.6 Å². The number of allylic oxidation sites excluding steroid dienone is 1. The third-order valence-electron chi connectivity index (χ3n) is 3.51. The van der Waals surface area contributed by atoms with Gasteiger partial charge in [-0.15, -0.1) is 0 Å². The molecule has 3 rings (SSSR count). The van der Waals surface area contributed by atoms with Gasteiger partial charge < -0.3 is 10.2 Å². The van der Waals surface area contributed by atoms with Gasteiger partial charge in [0, 0.05) is 5.41 Å². The first-order chi connectivity index (χ1) is 9.57. The molecule has 2 aromatic carbocycles. The molecule has 1 aliphatic carbocycles. The van der Waals surface area contributed by atoms with E-state index in [0.717, 1.165) is 6.42 Å². The van der Waals surface area contributed by atoms with Gasteiger partial charge in [-0.2, -0.15) is 0 Å². The molecule has 0 saturated heterocycles. The Bertz CT molecular complexity index is 601. The van der Waals surface area contributed by atoms with E-state index < -0.39 is 0 Å². The van der Waals surface area contributed by atoms with Crippen LogP contribution in [0, 0.1) is 5.41 Å². The molecule has 0 radical (unpaired) electrons. The summed E-state index contributed by atoms with van der Waals surface area (Å²) in [5, 5.41) is 19.7. The molecule has 0 amide bonds. The lowest BCUT2D eigenvalue weighted by atomic mass is 9.93. The molecule has 2 heteroatoms. The van der Waals surface area contributed by atoms with Crippen molar-refractivity contribution in [3.8, 4) is 0 Å². The second kappa shape index (κ2) is 6.21. The summed E-state index contributed by atoms with van der Waals surface area (Å²) in [6, 6.07) is 13.0. The van der Waals surface area contributed by atoms with Crippen molar-refractivity contribution >= 4 is 16.8 Å². The Balaban J connectivity index is 0.000000182. The average molecular weight is 270 g/mol. The monoisotopic (exact) mass is 270 g/mol. The van der Waals surface area contributed by atoms with Gasteiger partial charge in [0.25, 0.3) is 0 Å². The molecule has 0 aliphatic heterocycles. The molecule has 20 heavy (non-hydrogen) atoms. The standard InChI is InChI=1S/C13H10.C5H12O2/c1-4-10-6-2-8-12-9-3-7-11(5-1)13(10)12;1-5(2,3-6)4-7/h1-8H,9H2;6-7H,3-4H2,1-2H3. The van der Waals surface area contributed by atoms with E-state index >= 15 is 0 Å². The van der Waals surface area contributed by atoms with E-state index in [4.69, 9.17) is 10.2 Å². The highest BCUT2D eigenvalue weighted by atomic mass is 16.3. The summed E-state index contributed by atoms with van der Waals surface area (Å²) >= 11 is 0. The van der Waals surface area contributed by atoms with E-state index in [1.54, 1.807) is 13.8 Å². The van der Waals surface area contributed by atoms with Crippen molar-refractivity contribution in [2.45, 2.75) is 20.3 Å². The van der Waals surface area contributed by atoms with Crippen LogP contribution in [0.4, 0.5) is 0 Å². The van der Waals surface area contributed by atoms with Crippen LogP contribution in [0.5, 0.6) is 0 Å². The first kappa shape index (κ1) is 14.8. The van der Waals surface area contributed by atoms with Crippen LogP contribution in [-0.2, 0) is 6.42 Å². The zero-order chi connectivity index (χ0) is 14.6. The van der Waals surface area contributed by atoms with Crippen LogP contribution in [0.2, 0.25) is 0 Å². The molecule has 2 aromatic rings. The second-order valence-corrected chi connectivity index (χ2v) is 5.95. The first-order valence-corrected chi connectivity index (χ1v) is 6.96. The summed E-state index contributed by atoms with van der Waals surface area (Å²) in [5.41, 5.74) is 2.51. The van der Waals surface area contributed by atoms with Crippen molar-refractivity contribution in [2.24, 2.45) is 5.41 Å². The summed E-state index contributed by atoms with van der Waals surface area (Å²) in [7, 11) is 0. The van der Waals surface area contributed by atoms with Gasteiger partial charge in [-0.05, 0) is 28.3 Å². The van der Waals surface area contributed by atoms with Crippen LogP contribution in [0.1, 0.15) is 25.0 Å². The van der Waals surface area contributed by atoms with Crippen LogP contribution in [-0.4, -0.2) is 23.4 Å². The molecule has 0 saturated carbocycles. The van der Waals surface area contributed by atoms with Gasteiger partial charge >= 0.3 is 0 Å². The number of hydrogen-bond acceptors (Lipinski definition) is 2. The van der Waals surface area contributed by atoms with Gasteiger partial charge in [0.1, 0.15) is 0 Å². The highest BCUT2D eigenvalue weighted by Gasteiger charge is 2.13. The van der Waals surface area contributed by atoms with Crippen molar-refractivity contribution in [1.82, 2.24) is 0 Å². The summed E-state index contributed by atoms with van der Waals surface area (Å²) in [6.07, 6.45) is 5.53. The van der Waals surface area contributed by atoms with E-state index in [2.05, 4.69) is 48.6 Å². The van der Waals surface area contributed by atoms with Crippen LogP contribution in [0.15, 0.2) is 42.5 Å². The molecule has 0 unspecified atom stereocenters. The molecule has 0 fully saturated rings. The van der Waals surface area contributed by atoms with Gasteiger partial charge in [0.05, 0.1) is 13.2 Å². The second-order valence-electron chi connectivity index (χ2n) is 5.95. The quantitative estimate of drug-likeness (QED) is 0.878. The Kier molecular flexibility index (Phi) is 4.58. The molecule has 0 spiro atoms. The van der Waals surface area contributed by atoms with Gasteiger partial charge in [-0.3, -0.25) is 0 Å². The summed E-state index contributed by atoms with van der Waals surface area (Å²) < 4.78 is 0. The maximum Gasteiger partial charge on any atom is 0.0504 e. The molecule has 106 valence electrons. The minimum Gasteiger partial charge on any atom is -0.396 e. The van der Waals surface area contributed by atoms with Crippen molar-refractivity contribution in [1.29, 1.82) is 0 Å². The zero-order valence-electron chi connectivity index (χ0n) is 12.1. The molecule has 0 atom stereocenters. The fourth-order valence-electron chi connectivity index (χ4n) is 2.12. The molecule has 2 N–H and O–H groups in total. The number of benzene rings is 2. The number of aliphatic hydroxyl groups is 2. The molecular formula is C18H22O2. The van der Waals surface area contributed by atoms with Crippen LogP contribution < -0.4 is 0 Å². The van der Waals surface area contributed by atoms with Crippen molar-refractivity contribution in [2.75, 3.05) is 13.2 Å². The predicted octanol–water partition coefficient (Wildman–Crippen LogP) is 3.41. The third kappa shape index (κ3) is 3.27. The maximum absolute atomic E-state index is 8.43. The first-order valence-electron chi connectivity index (χ1n) is 6.96. The van der Waals surface area contributed by atoms with Gasteiger partial charge in [-0.25, -0.2) is 0 Å². The number of hydrogen-bond donors (Lipinski definition) is 2. The highest BCUT2D eigenvalue weighted by Crippen LogP contribution is 2.27. The number of rotatable bonds is 2. The largest absolute Gasteiger partial charge is 0.396 e. The predicted molar refractivity (Wildman–Crippen MR) is 84.6 cm³/mol. The van der Waals surface area contributed by atoms with Crippen LogP contribution in [0.25, 0.3) is 16.8 Å². The van der Waals surface area contributed by atoms with E-state index in [-0.39, 0.29) is 18.6 Å². The Labute approximate surface area is 120 Å². The van der Waals surface area contributed by atoms with Gasteiger partial charge in [0.15, 0.2) is 0 Å². The van der Waals surface area contributed by atoms with E-state index in [1.165, 1.54) is 21.9 Å². The normalized spacial score (nSPS) is 13.0. The molecule has 0 bridgehead atoms. The highest BCUT2D eigenvalue weighted by molar-refractivity contribution is 5.94. The maximum atomic E-state index is 8.43. The lowest BCUT2D eigenvalue weighted by Crippen LogP contribution is -2.20. The Morgan fingerprint density at radius 2 is 1.65 bits per heavy atom. The van der Waals surface area contributed by atoms with Crippen LogP contribution in [0.3, 0.4) is 0 Å². The summed E-state index contributed by atoms with van der Waals surface area (Å²) in [4.78, 5) is 0. The Morgan fingerprint density at radius 3 is 2.25 bits per heavy atom. The van der Waals surface area contributed by atoms with E-state index in [1.807, 2.05) is 0 Å². The van der Waals surface area contributed by atoms with Gasteiger partial charge in [0.2, 0.25) is 0 Å². The summed E-state index contributed by atoms with van der Waals surface area (Å²) in [5.74, 6) is 0. The van der Waals surface area contributed by atoms with Crippen molar-refractivity contribution in [3.63, 3.8) is 0 Å². The topological polar surface area (TPSA) is 40.5 Å².